The first-order valence-electron chi connectivity index (χ1n) is 9.46. The summed E-state index contributed by atoms with van der Waals surface area (Å²) in [6.45, 7) is 2.07. The standard InChI is InChI=1S/C19H21ClN4O6S/c1-12(17(25)24-19-21-7-3-8-22-19)30-18(26)13-5-6-15(20)16(10-13)31(27,28)23-11-14-4-2-9-29-14/h3,5-8,10,12,14,23H,2,4,9,11H2,1H3,(H,21,22,24,25). The molecule has 12 heteroatoms. The number of anilines is 1. The Balaban J connectivity index is 1.66. The van der Waals surface area contributed by atoms with Crippen LogP contribution in [0.3, 0.4) is 0 Å². The van der Waals surface area contributed by atoms with E-state index in [4.69, 9.17) is 21.1 Å². The van der Waals surface area contributed by atoms with Gasteiger partial charge in [0.25, 0.3) is 5.91 Å². The van der Waals surface area contributed by atoms with Crippen molar-refractivity contribution in [3.05, 3.63) is 47.2 Å². The van der Waals surface area contributed by atoms with Gasteiger partial charge in [0.1, 0.15) is 4.90 Å². The van der Waals surface area contributed by atoms with Crippen LogP contribution >= 0.6 is 11.6 Å². The van der Waals surface area contributed by atoms with E-state index >= 15 is 0 Å². The molecule has 1 saturated heterocycles. The minimum Gasteiger partial charge on any atom is -0.449 e. The lowest BCUT2D eigenvalue weighted by atomic mass is 10.2. The van der Waals surface area contributed by atoms with Gasteiger partial charge in [0.05, 0.1) is 16.7 Å². The molecule has 0 bridgehead atoms. The molecule has 2 atom stereocenters. The van der Waals surface area contributed by atoms with E-state index in [0.717, 1.165) is 18.9 Å². The van der Waals surface area contributed by atoms with Crippen molar-refractivity contribution in [1.82, 2.24) is 14.7 Å². The van der Waals surface area contributed by atoms with Gasteiger partial charge in [-0.2, -0.15) is 0 Å². The molecule has 2 heterocycles. The molecule has 1 aromatic carbocycles. The number of sulfonamides is 1. The molecule has 1 fully saturated rings. The molecule has 0 spiro atoms. The van der Waals surface area contributed by atoms with Crippen molar-refractivity contribution in [2.24, 2.45) is 0 Å². The molecule has 10 nitrogen and oxygen atoms in total. The van der Waals surface area contributed by atoms with Crippen molar-refractivity contribution in [3.63, 3.8) is 0 Å². The number of amides is 1. The lowest BCUT2D eigenvalue weighted by Gasteiger charge is -2.15. The summed E-state index contributed by atoms with van der Waals surface area (Å²) < 4.78 is 38.3. The van der Waals surface area contributed by atoms with Gasteiger partial charge in [-0.25, -0.2) is 27.9 Å². The zero-order valence-corrected chi connectivity index (χ0v) is 18.1. The molecule has 0 saturated carbocycles. The van der Waals surface area contributed by atoms with Crippen LogP contribution in [0.4, 0.5) is 5.95 Å². The average molecular weight is 469 g/mol. The summed E-state index contributed by atoms with van der Waals surface area (Å²) in [6.07, 6.45) is 3.15. The number of carbonyl (C=O) groups excluding carboxylic acids is 2. The van der Waals surface area contributed by atoms with E-state index in [1.807, 2.05) is 0 Å². The van der Waals surface area contributed by atoms with E-state index in [1.54, 1.807) is 6.07 Å². The molecule has 2 N–H and O–H groups in total. The summed E-state index contributed by atoms with van der Waals surface area (Å²) in [4.78, 5) is 32.1. The van der Waals surface area contributed by atoms with Crippen LogP contribution in [0.5, 0.6) is 0 Å². The minimum absolute atomic E-state index is 0.0524. The molecule has 0 aliphatic carbocycles. The molecular weight excluding hydrogens is 448 g/mol. The smallest absolute Gasteiger partial charge is 0.338 e. The number of hydrogen-bond acceptors (Lipinski definition) is 8. The number of carbonyl (C=O) groups is 2. The fourth-order valence-corrected chi connectivity index (χ4v) is 4.37. The van der Waals surface area contributed by atoms with Crippen LogP contribution in [0, 0.1) is 0 Å². The molecule has 0 radical (unpaired) electrons. The molecule has 1 aromatic heterocycles. The molecule has 1 aliphatic rings. The lowest BCUT2D eigenvalue weighted by molar-refractivity contribution is -0.123. The fourth-order valence-electron chi connectivity index (χ4n) is 2.78. The highest BCUT2D eigenvalue weighted by Gasteiger charge is 2.25. The second-order valence-corrected chi connectivity index (χ2v) is 8.88. The predicted molar refractivity (Wildman–Crippen MR) is 111 cm³/mol. The van der Waals surface area contributed by atoms with Gasteiger partial charge in [0.15, 0.2) is 6.10 Å². The average Bonchev–Trinajstić information content (AvgIpc) is 3.27. The van der Waals surface area contributed by atoms with Gasteiger partial charge in [0, 0.05) is 25.5 Å². The zero-order valence-electron chi connectivity index (χ0n) is 16.6. The van der Waals surface area contributed by atoms with Gasteiger partial charge in [-0.15, -0.1) is 0 Å². The third-order valence-corrected chi connectivity index (χ3v) is 6.34. The number of benzene rings is 1. The van der Waals surface area contributed by atoms with E-state index in [2.05, 4.69) is 20.0 Å². The summed E-state index contributed by atoms with van der Waals surface area (Å²) in [7, 11) is -3.99. The van der Waals surface area contributed by atoms with Crippen molar-refractivity contribution >= 4 is 39.4 Å². The molecular formula is C19H21ClN4O6S. The summed E-state index contributed by atoms with van der Waals surface area (Å²) >= 11 is 6.05. The molecule has 2 unspecified atom stereocenters. The first kappa shape index (κ1) is 23.1. The largest absolute Gasteiger partial charge is 0.449 e. The van der Waals surface area contributed by atoms with Crippen LogP contribution in [-0.2, 0) is 24.3 Å². The normalized spacial score (nSPS) is 17.2. The summed E-state index contributed by atoms with van der Waals surface area (Å²) in [5.74, 6) is -1.46. The highest BCUT2D eigenvalue weighted by atomic mass is 35.5. The topological polar surface area (TPSA) is 137 Å². The Morgan fingerprint density at radius 2 is 2.06 bits per heavy atom. The molecule has 3 rings (SSSR count). The van der Waals surface area contributed by atoms with Crippen molar-refractivity contribution in [2.45, 2.75) is 36.9 Å². The van der Waals surface area contributed by atoms with Crippen LogP contribution < -0.4 is 10.0 Å². The van der Waals surface area contributed by atoms with Gasteiger partial charge in [-0.05, 0) is 44.0 Å². The first-order chi connectivity index (χ1) is 14.8. The Kier molecular flexibility index (Phi) is 7.55. The van der Waals surface area contributed by atoms with E-state index in [-0.39, 0.29) is 34.1 Å². The third kappa shape index (κ3) is 6.20. The first-order valence-corrected chi connectivity index (χ1v) is 11.3. The van der Waals surface area contributed by atoms with Crippen LogP contribution in [0.1, 0.15) is 30.1 Å². The monoisotopic (exact) mass is 468 g/mol. The number of esters is 1. The van der Waals surface area contributed by atoms with Crippen LogP contribution in [0.2, 0.25) is 5.02 Å². The lowest BCUT2D eigenvalue weighted by Crippen LogP contribution is -2.32. The number of rotatable bonds is 8. The zero-order chi connectivity index (χ0) is 22.4. The molecule has 1 amide bonds. The predicted octanol–water partition coefficient (Wildman–Crippen LogP) is 1.77. The van der Waals surface area contributed by atoms with Gasteiger partial charge in [-0.3, -0.25) is 10.1 Å². The van der Waals surface area contributed by atoms with E-state index in [1.165, 1.54) is 31.5 Å². The molecule has 1 aliphatic heterocycles. The number of ether oxygens (including phenoxy) is 2. The SMILES string of the molecule is CC(OC(=O)c1ccc(Cl)c(S(=O)(=O)NCC2CCCO2)c1)C(=O)Nc1ncccn1. The Labute approximate surface area is 184 Å². The maximum atomic E-state index is 12.6. The molecule has 31 heavy (non-hydrogen) atoms. The maximum Gasteiger partial charge on any atom is 0.338 e. The second-order valence-electron chi connectivity index (χ2n) is 6.74. The Morgan fingerprint density at radius 3 is 2.74 bits per heavy atom. The van der Waals surface area contributed by atoms with E-state index < -0.39 is 28.0 Å². The number of nitrogens with zero attached hydrogens (tertiary/aromatic N) is 2. The maximum absolute atomic E-state index is 12.6. The van der Waals surface area contributed by atoms with Crippen LogP contribution in [0.25, 0.3) is 0 Å². The second kappa shape index (κ2) is 10.1. The number of halogens is 1. The number of nitrogens with one attached hydrogen (secondary N) is 2. The van der Waals surface area contributed by atoms with Gasteiger partial charge < -0.3 is 9.47 Å². The Morgan fingerprint density at radius 1 is 1.32 bits per heavy atom. The number of aromatic nitrogens is 2. The van der Waals surface area contributed by atoms with Crippen molar-refractivity contribution in [1.29, 1.82) is 0 Å². The van der Waals surface area contributed by atoms with Crippen molar-refractivity contribution in [3.8, 4) is 0 Å². The molecule has 166 valence electrons. The Hall–Kier alpha value is -2.60. The quantitative estimate of drug-likeness (QED) is 0.559. The molecule has 2 aromatic rings. The van der Waals surface area contributed by atoms with Gasteiger partial charge in [0.2, 0.25) is 16.0 Å². The van der Waals surface area contributed by atoms with E-state index in [0.29, 0.717) is 6.61 Å². The van der Waals surface area contributed by atoms with Gasteiger partial charge in [-0.1, -0.05) is 11.6 Å². The Bertz CT molecular complexity index is 1040. The van der Waals surface area contributed by atoms with Crippen LogP contribution in [0.15, 0.2) is 41.6 Å². The summed E-state index contributed by atoms with van der Waals surface area (Å²) in [6, 6.07) is 5.28. The summed E-state index contributed by atoms with van der Waals surface area (Å²) in [5, 5.41) is 2.36. The van der Waals surface area contributed by atoms with E-state index in [9.17, 15) is 18.0 Å². The van der Waals surface area contributed by atoms with Crippen molar-refractivity contribution in [2.75, 3.05) is 18.5 Å². The van der Waals surface area contributed by atoms with Crippen molar-refractivity contribution < 1.29 is 27.5 Å². The van der Waals surface area contributed by atoms with Gasteiger partial charge >= 0.3 is 5.97 Å². The highest BCUT2D eigenvalue weighted by molar-refractivity contribution is 7.89. The fraction of sp³-hybridized carbons (Fsp3) is 0.368. The highest BCUT2D eigenvalue weighted by Crippen LogP contribution is 2.24. The number of hydrogen-bond donors (Lipinski definition) is 2. The minimum atomic E-state index is -3.99. The van der Waals surface area contributed by atoms with Crippen LogP contribution in [-0.4, -0.2) is 55.6 Å². The third-order valence-electron chi connectivity index (χ3n) is 4.44. The summed E-state index contributed by atoms with van der Waals surface area (Å²) in [5.41, 5.74) is -0.0718.